The Bertz CT molecular complexity index is 660. The van der Waals surface area contributed by atoms with Crippen molar-refractivity contribution in [1.82, 2.24) is 25.1 Å². The molecule has 0 radical (unpaired) electrons. The highest BCUT2D eigenvalue weighted by atomic mass is 32.1. The molecule has 2 N–H and O–H groups in total. The Hall–Kier alpha value is -1.80. The Morgan fingerprint density at radius 3 is 2.75 bits per heavy atom. The summed E-state index contributed by atoms with van der Waals surface area (Å²) in [7, 11) is 0. The van der Waals surface area contributed by atoms with Gasteiger partial charge >= 0.3 is 0 Å². The van der Waals surface area contributed by atoms with Gasteiger partial charge in [-0.15, -0.1) is 16.4 Å². The van der Waals surface area contributed by atoms with E-state index in [2.05, 4.69) is 45.7 Å². The lowest BCUT2D eigenvalue weighted by Crippen LogP contribution is -2.42. The summed E-state index contributed by atoms with van der Waals surface area (Å²) >= 11 is 1.71. The van der Waals surface area contributed by atoms with Gasteiger partial charge in [0, 0.05) is 10.8 Å². The monoisotopic (exact) mass is 348 g/mol. The van der Waals surface area contributed by atoms with Gasteiger partial charge in [-0.2, -0.15) is 0 Å². The van der Waals surface area contributed by atoms with Crippen LogP contribution in [0.3, 0.4) is 0 Å². The minimum atomic E-state index is -0.182. The molecule has 0 aliphatic carbocycles. The number of carbonyl (C=O) groups excluding carboxylic acids is 1. The number of piperidine rings is 1. The molecule has 130 valence electrons. The third kappa shape index (κ3) is 3.64. The molecule has 1 fully saturated rings. The van der Waals surface area contributed by atoms with E-state index in [0.717, 1.165) is 31.8 Å². The van der Waals surface area contributed by atoms with Crippen LogP contribution in [-0.2, 0) is 11.3 Å². The summed E-state index contributed by atoms with van der Waals surface area (Å²) in [5.74, 6) is 1.09. The van der Waals surface area contributed by atoms with Gasteiger partial charge in [0.1, 0.15) is 0 Å². The number of likely N-dealkylation sites (tertiary alicyclic amines) is 1. The molecule has 7 nitrogen and oxygen atoms in total. The molecule has 0 spiro atoms. The number of carbonyl (C=O) groups is 1. The zero-order valence-corrected chi connectivity index (χ0v) is 14.9. The minimum absolute atomic E-state index is 0.00354. The van der Waals surface area contributed by atoms with Gasteiger partial charge in [0.25, 0.3) is 0 Å². The standard InChI is InChI=1S/C16H24N6OS/c1-11(2)14(21-7-5-12(6-8-21)15(17)23)16-18-19-20-22(16)10-13-4-3-9-24-13/h3-4,9,11-12,14H,5-8,10H2,1-2H3,(H2,17,23)/t14-/m0/s1. The van der Waals surface area contributed by atoms with Crippen LogP contribution in [-0.4, -0.2) is 44.1 Å². The molecule has 2 aromatic rings. The highest BCUT2D eigenvalue weighted by Crippen LogP contribution is 2.31. The van der Waals surface area contributed by atoms with Crippen LogP contribution in [0.15, 0.2) is 17.5 Å². The first-order valence-electron chi connectivity index (χ1n) is 8.38. The summed E-state index contributed by atoms with van der Waals surface area (Å²) < 4.78 is 1.90. The Morgan fingerprint density at radius 2 is 2.17 bits per heavy atom. The number of aromatic nitrogens is 4. The van der Waals surface area contributed by atoms with Crippen LogP contribution < -0.4 is 5.73 Å². The fourth-order valence-corrected chi connectivity index (χ4v) is 4.12. The SMILES string of the molecule is CC(C)[C@@H](c1nnnn1Cc1cccs1)N1CCC(C(N)=O)CC1. The number of hydrogen-bond donors (Lipinski definition) is 1. The van der Waals surface area contributed by atoms with Crippen LogP contribution in [0.25, 0.3) is 0 Å². The second-order valence-electron chi connectivity index (χ2n) is 6.68. The molecule has 3 heterocycles. The molecule has 8 heteroatoms. The quantitative estimate of drug-likeness (QED) is 0.858. The van der Waals surface area contributed by atoms with E-state index >= 15 is 0 Å². The van der Waals surface area contributed by atoms with E-state index in [1.807, 2.05) is 10.7 Å². The van der Waals surface area contributed by atoms with E-state index in [-0.39, 0.29) is 17.9 Å². The molecule has 1 amide bonds. The highest BCUT2D eigenvalue weighted by Gasteiger charge is 2.33. The van der Waals surface area contributed by atoms with Crippen molar-refractivity contribution in [2.75, 3.05) is 13.1 Å². The predicted molar refractivity (Wildman–Crippen MR) is 92.3 cm³/mol. The van der Waals surface area contributed by atoms with E-state index in [1.54, 1.807) is 11.3 Å². The minimum Gasteiger partial charge on any atom is -0.369 e. The first-order valence-corrected chi connectivity index (χ1v) is 9.26. The Balaban J connectivity index is 1.77. The largest absolute Gasteiger partial charge is 0.369 e. The van der Waals surface area contributed by atoms with Gasteiger partial charge in [-0.05, 0) is 53.7 Å². The first-order chi connectivity index (χ1) is 11.6. The molecular weight excluding hydrogens is 324 g/mol. The molecule has 0 saturated carbocycles. The van der Waals surface area contributed by atoms with Gasteiger partial charge in [0.2, 0.25) is 5.91 Å². The van der Waals surface area contributed by atoms with Crippen molar-refractivity contribution in [3.63, 3.8) is 0 Å². The van der Waals surface area contributed by atoms with Crippen molar-refractivity contribution in [1.29, 1.82) is 0 Å². The number of hydrogen-bond acceptors (Lipinski definition) is 6. The normalized spacial score (nSPS) is 18.1. The molecule has 0 unspecified atom stereocenters. The molecule has 1 aliphatic rings. The average Bonchev–Trinajstić information content (AvgIpc) is 3.21. The second kappa shape index (κ2) is 7.40. The number of rotatable bonds is 6. The van der Waals surface area contributed by atoms with Crippen molar-refractivity contribution < 1.29 is 4.79 Å². The van der Waals surface area contributed by atoms with Crippen LogP contribution in [0.2, 0.25) is 0 Å². The molecule has 1 aliphatic heterocycles. The molecule has 2 aromatic heterocycles. The topological polar surface area (TPSA) is 89.9 Å². The summed E-state index contributed by atoms with van der Waals surface area (Å²) in [6.45, 7) is 6.77. The average molecular weight is 348 g/mol. The third-order valence-electron chi connectivity index (χ3n) is 4.67. The third-order valence-corrected chi connectivity index (χ3v) is 5.53. The molecule has 1 saturated heterocycles. The van der Waals surface area contributed by atoms with Crippen LogP contribution in [0, 0.1) is 11.8 Å². The van der Waals surface area contributed by atoms with Gasteiger partial charge in [-0.3, -0.25) is 9.69 Å². The zero-order valence-electron chi connectivity index (χ0n) is 14.1. The highest BCUT2D eigenvalue weighted by molar-refractivity contribution is 7.09. The predicted octanol–water partition coefficient (Wildman–Crippen LogP) is 1.68. The number of thiophene rings is 1. The fraction of sp³-hybridized carbons (Fsp3) is 0.625. The van der Waals surface area contributed by atoms with Gasteiger partial charge in [0.15, 0.2) is 5.82 Å². The molecule has 1 atom stereocenters. The number of tetrazole rings is 1. The maximum Gasteiger partial charge on any atom is 0.220 e. The van der Waals surface area contributed by atoms with Crippen LogP contribution in [0.5, 0.6) is 0 Å². The maximum absolute atomic E-state index is 11.4. The van der Waals surface area contributed by atoms with E-state index in [4.69, 9.17) is 5.73 Å². The van der Waals surface area contributed by atoms with E-state index in [0.29, 0.717) is 12.5 Å². The van der Waals surface area contributed by atoms with Gasteiger partial charge in [-0.25, -0.2) is 4.68 Å². The summed E-state index contributed by atoms with van der Waals surface area (Å²) in [4.78, 5) is 15.0. The van der Waals surface area contributed by atoms with Crippen LogP contribution >= 0.6 is 11.3 Å². The fourth-order valence-electron chi connectivity index (χ4n) is 3.43. The molecule has 24 heavy (non-hydrogen) atoms. The number of nitrogens with two attached hydrogens (primary N) is 1. The molecule has 0 aromatic carbocycles. The lowest BCUT2D eigenvalue weighted by atomic mass is 9.92. The molecule has 3 rings (SSSR count). The van der Waals surface area contributed by atoms with E-state index in [9.17, 15) is 4.79 Å². The lowest BCUT2D eigenvalue weighted by molar-refractivity contribution is -0.123. The molecular formula is C16H24N6OS. The van der Waals surface area contributed by atoms with Crippen molar-refractivity contribution in [3.8, 4) is 0 Å². The second-order valence-corrected chi connectivity index (χ2v) is 7.71. The number of amides is 1. The maximum atomic E-state index is 11.4. The number of primary amides is 1. The summed E-state index contributed by atoms with van der Waals surface area (Å²) in [5, 5.41) is 14.5. The lowest BCUT2D eigenvalue weighted by Gasteiger charge is -2.37. The Morgan fingerprint density at radius 1 is 1.42 bits per heavy atom. The van der Waals surface area contributed by atoms with Crippen LogP contribution in [0.4, 0.5) is 0 Å². The van der Waals surface area contributed by atoms with Gasteiger partial charge in [-0.1, -0.05) is 19.9 Å². The molecule has 0 bridgehead atoms. The first kappa shape index (κ1) is 17.0. The zero-order chi connectivity index (χ0) is 17.1. The Kier molecular flexibility index (Phi) is 5.25. The van der Waals surface area contributed by atoms with E-state index < -0.39 is 0 Å². The summed E-state index contributed by atoms with van der Waals surface area (Å²) in [5.41, 5.74) is 5.45. The Labute approximate surface area is 145 Å². The van der Waals surface area contributed by atoms with Gasteiger partial charge < -0.3 is 5.73 Å². The van der Waals surface area contributed by atoms with Crippen LogP contribution in [0.1, 0.15) is 43.4 Å². The smallest absolute Gasteiger partial charge is 0.220 e. The summed E-state index contributed by atoms with van der Waals surface area (Å²) in [6.07, 6.45) is 1.62. The van der Waals surface area contributed by atoms with E-state index in [1.165, 1.54) is 4.88 Å². The van der Waals surface area contributed by atoms with Crippen molar-refractivity contribution in [2.45, 2.75) is 39.3 Å². The van der Waals surface area contributed by atoms with Crippen molar-refractivity contribution in [2.24, 2.45) is 17.6 Å². The van der Waals surface area contributed by atoms with Gasteiger partial charge in [0.05, 0.1) is 12.6 Å². The van der Waals surface area contributed by atoms with Crippen molar-refractivity contribution >= 4 is 17.2 Å². The summed E-state index contributed by atoms with van der Waals surface area (Å²) in [6, 6.07) is 4.28. The van der Waals surface area contributed by atoms with Crippen molar-refractivity contribution in [3.05, 3.63) is 28.2 Å². The number of nitrogens with zero attached hydrogens (tertiary/aromatic N) is 5.